The topological polar surface area (TPSA) is 35.5 Å². The number of halogens is 1. The van der Waals surface area contributed by atoms with E-state index in [0.717, 1.165) is 5.56 Å². The van der Waals surface area contributed by atoms with E-state index < -0.39 is 5.60 Å². The van der Waals surface area contributed by atoms with E-state index in [9.17, 15) is 4.79 Å². The van der Waals surface area contributed by atoms with Crippen LogP contribution in [0.2, 0.25) is 5.02 Å². The molecule has 1 atom stereocenters. The molecule has 0 N–H and O–H groups in total. The van der Waals surface area contributed by atoms with E-state index in [1.165, 1.54) is 0 Å². The summed E-state index contributed by atoms with van der Waals surface area (Å²) >= 11 is 5.94. The quantitative estimate of drug-likeness (QED) is 0.796. The van der Waals surface area contributed by atoms with Crippen LogP contribution in [0.3, 0.4) is 0 Å². The summed E-state index contributed by atoms with van der Waals surface area (Å²) in [6, 6.07) is 5.26. The highest BCUT2D eigenvalue weighted by Gasteiger charge is 2.31. The largest absolute Gasteiger partial charge is 0.496 e. The summed E-state index contributed by atoms with van der Waals surface area (Å²) in [5.74, 6) is 0.690. The molecule has 18 heavy (non-hydrogen) atoms. The molecule has 0 fully saturated rings. The lowest BCUT2D eigenvalue weighted by Gasteiger charge is -2.25. The molecule has 4 heteroatoms. The molecule has 1 aromatic carbocycles. The summed E-state index contributed by atoms with van der Waals surface area (Å²) in [4.78, 5) is 12.3. The Morgan fingerprint density at radius 1 is 1.39 bits per heavy atom. The van der Waals surface area contributed by atoms with E-state index in [-0.39, 0.29) is 12.2 Å². The Balaban J connectivity index is 2.97. The highest BCUT2D eigenvalue weighted by molar-refractivity contribution is 6.30. The summed E-state index contributed by atoms with van der Waals surface area (Å²) in [6.45, 7) is 3.73. The van der Waals surface area contributed by atoms with Gasteiger partial charge < -0.3 is 9.47 Å². The fraction of sp³-hybridized carbons (Fsp3) is 0.500. The highest BCUT2D eigenvalue weighted by atomic mass is 35.5. The lowest BCUT2D eigenvalue weighted by atomic mass is 9.92. The molecule has 0 aliphatic rings. The predicted octanol–water partition coefficient (Wildman–Crippen LogP) is 3.28. The van der Waals surface area contributed by atoms with Crippen LogP contribution in [0.1, 0.15) is 25.8 Å². The summed E-state index contributed by atoms with van der Waals surface area (Å²) in [6.07, 6.45) is 0.882. The first kappa shape index (κ1) is 15.0. The fourth-order valence-corrected chi connectivity index (χ4v) is 1.90. The first-order chi connectivity index (χ1) is 8.46. The number of ether oxygens (including phenoxy) is 2. The van der Waals surface area contributed by atoms with Gasteiger partial charge in [0, 0.05) is 24.1 Å². The Morgan fingerprint density at radius 2 is 2.06 bits per heavy atom. The third-order valence-electron chi connectivity index (χ3n) is 3.31. The minimum Gasteiger partial charge on any atom is -0.496 e. The van der Waals surface area contributed by atoms with Crippen LogP contribution in [0.25, 0.3) is 0 Å². The second kappa shape index (κ2) is 6.21. The first-order valence-electron chi connectivity index (χ1n) is 5.87. The van der Waals surface area contributed by atoms with Crippen molar-refractivity contribution in [3.63, 3.8) is 0 Å². The van der Waals surface area contributed by atoms with Gasteiger partial charge in [-0.2, -0.15) is 0 Å². The van der Waals surface area contributed by atoms with E-state index >= 15 is 0 Å². The second-order valence-electron chi connectivity index (χ2n) is 4.34. The molecule has 0 spiro atoms. The third-order valence-corrected chi connectivity index (χ3v) is 3.54. The summed E-state index contributed by atoms with van der Waals surface area (Å²) in [5, 5.41) is 0.592. The van der Waals surface area contributed by atoms with Crippen molar-refractivity contribution in [1.29, 1.82) is 0 Å². The molecule has 0 saturated carbocycles. The van der Waals surface area contributed by atoms with E-state index in [1.807, 2.05) is 6.92 Å². The molecule has 0 aliphatic heterocycles. The minimum atomic E-state index is -0.757. The van der Waals surface area contributed by atoms with Crippen LogP contribution in [0.5, 0.6) is 5.75 Å². The summed E-state index contributed by atoms with van der Waals surface area (Å²) in [5.41, 5.74) is 0.0274. The number of benzene rings is 1. The van der Waals surface area contributed by atoms with E-state index in [2.05, 4.69) is 0 Å². The highest BCUT2D eigenvalue weighted by Crippen LogP contribution is 2.26. The number of hydrogen-bond donors (Lipinski definition) is 0. The normalized spacial score (nSPS) is 14.1. The molecular weight excluding hydrogens is 252 g/mol. The van der Waals surface area contributed by atoms with Gasteiger partial charge in [-0.15, -0.1) is 0 Å². The fourth-order valence-electron chi connectivity index (χ4n) is 1.70. The van der Waals surface area contributed by atoms with Gasteiger partial charge in [-0.3, -0.25) is 4.79 Å². The summed E-state index contributed by atoms with van der Waals surface area (Å²) in [7, 11) is 3.13. The van der Waals surface area contributed by atoms with Crippen LogP contribution < -0.4 is 4.74 Å². The molecule has 0 heterocycles. The van der Waals surface area contributed by atoms with Gasteiger partial charge in [0.2, 0.25) is 0 Å². The second-order valence-corrected chi connectivity index (χ2v) is 4.78. The smallest absolute Gasteiger partial charge is 0.168 e. The number of methoxy groups -OCH3 is 2. The Kier molecular flexibility index (Phi) is 5.17. The van der Waals surface area contributed by atoms with Crippen molar-refractivity contribution < 1.29 is 14.3 Å². The molecular formula is C14H19ClO3. The lowest BCUT2D eigenvalue weighted by Crippen LogP contribution is -2.37. The van der Waals surface area contributed by atoms with Crippen LogP contribution in [0, 0.1) is 0 Å². The van der Waals surface area contributed by atoms with E-state index in [0.29, 0.717) is 17.2 Å². The number of carbonyl (C=O) groups is 1. The maximum Gasteiger partial charge on any atom is 0.168 e. The molecule has 100 valence electrons. The number of Topliss-reactive ketones (excluding diaryl/α,β-unsaturated/α-hetero) is 1. The maximum atomic E-state index is 12.3. The van der Waals surface area contributed by atoms with Gasteiger partial charge in [0.15, 0.2) is 5.78 Å². The van der Waals surface area contributed by atoms with Crippen molar-refractivity contribution in [2.75, 3.05) is 14.2 Å². The van der Waals surface area contributed by atoms with Gasteiger partial charge in [-0.1, -0.05) is 18.5 Å². The van der Waals surface area contributed by atoms with Crippen molar-refractivity contribution in [1.82, 2.24) is 0 Å². The van der Waals surface area contributed by atoms with Gasteiger partial charge in [-0.25, -0.2) is 0 Å². The average molecular weight is 271 g/mol. The zero-order valence-corrected chi connectivity index (χ0v) is 12.0. The van der Waals surface area contributed by atoms with Crippen molar-refractivity contribution in [2.24, 2.45) is 0 Å². The molecule has 0 aliphatic carbocycles. The van der Waals surface area contributed by atoms with E-state index in [1.54, 1.807) is 39.3 Å². The Bertz CT molecular complexity index is 425. The maximum absolute atomic E-state index is 12.3. The molecule has 1 unspecified atom stereocenters. The molecule has 1 aromatic rings. The van der Waals surface area contributed by atoms with Gasteiger partial charge in [-0.05, 0) is 31.5 Å². The molecule has 0 radical (unpaired) electrons. The SMILES string of the molecule is CCC(C)(OC)C(=O)Cc1cc(Cl)ccc1OC. The van der Waals surface area contributed by atoms with E-state index in [4.69, 9.17) is 21.1 Å². The number of ketones is 1. The van der Waals surface area contributed by atoms with Gasteiger partial charge in [0.1, 0.15) is 11.4 Å². The van der Waals surface area contributed by atoms with Crippen molar-refractivity contribution >= 4 is 17.4 Å². The average Bonchev–Trinajstić information content (AvgIpc) is 2.38. The molecule has 1 rings (SSSR count). The zero-order valence-electron chi connectivity index (χ0n) is 11.2. The number of rotatable bonds is 6. The van der Waals surface area contributed by atoms with Gasteiger partial charge >= 0.3 is 0 Å². The Hall–Kier alpha value is -1.06. The molecule has 0 aromatic heterocycles. The molecule has 0 bridgehead atoms. The van der Waals surface area contributed by atoms with Crippen molar-refractivity contribution in [3.05, 3.63) is 28.8 Å². The van der Waals surface area contributed by atoms with Crippen LogP contribution in [0.4, 0.5) is 0 Å². The summed E-state index contributed by atoms with van der Waals surface area (Å²) < 4.78 is 10.5. The van der Waals surface area contributed by atoms with Gasteiger partial charge in [0.25, 0.3) is 0 Å². The molecule has 0 saturated heterocycles. The Morgan fingerprint density at radius 3 is 2.56 bits per heavy atom. The molecule has 0 amide bonds. The van der Waals surface area contributed by atoms with Crippen LogP contribution >= 0.6 is 11.6 Å². The monoisotopic (exact) mass is 270 g/mol. The number of carbonyl (C=O) groups excluding carboxylic acids is 1. The lowest BCUT2D eigenvalue weighted by molar-refractivity contribution is -0.138. The Labute approximate surface area is 113 Å². The molecule has 3 nitrogen and oxygen atoms in total. The standard InChI is InChI=1S/C14H19ClO3/c1-5-14(2,18-4)13(16)9-10-8-11(15)6-7-12(10)17-3/h6-8H,5,9H2,1-4H3. The third kappa shape index (κ3) is 3.24. The van der Waals surface area contributed by atoms with Crippen LogP contribution in [-0.4, -0.2) is 25.6 Å². The van der Waals surface area contributed by atoms with Gasteiger partial charge in [0.05, 0.1) is 7.11 Å². The zero-order chi connectivity index (χ0) is 13.8. The number of hydrogen-bond acceptors (Lipinski definition) is 3. The van der Waals surface area contributed by atoms with Crippen molar-refractivity contribution in [2.45, 2.75) is 32.3 Å². The van der Waals surface area contributed by atoms with Crippen molar-refractivity contribution in [3.8, 4) is 5.75 Å². The minimum absolute atomic E-state index is 0.0214. The predicted molar refractivity (Wildman–Crippen MR) is 72.4 cm³/mol. The van der Waals surface area contributed by atoms with Crippen LogP contribution in [-0.2, 0) is 16.0 Å². The first-order valence-corrected chi connectivity index (χ1v) is 6.25. The van der Waals surface area contributed by atoms with Crippen LogP contribution in [0.15, 0.2) is 18.2 Å².